The minimum atomic E-state index is -0.443. The van der Waals surface area contributed by atoms with Crippen LogP contribution >= 0.6 is 11.3 Å². The van der Waals surface area contributed by atoms with Crippen LogP contribution in [0, 0.1) is 5.41 Å². The molecule has 2 aromatic carbocycles. The Morgan fingerprint density at radius 3 is 2.84 bits per heavy atom. The maximum Gasteiger partial charge on any atom is 0.260 e. The Labute approximate surface area is 221 Å². The summed E-state index contributed by atoms with van der Waals surface area (Å²) < 4.78 is 5.49. The largest absolute Gasteiger partial charge is 0.378 e. The number of hydrogen-bond acceptors (Lipinski definition) is 8. The molecule has 4 heterocycles. The molecule has 5 aromatic rings. The number of aromatic amines is 2. The number of hydrogen-bond donors (Lipinski definition) is 3. The molecule has 3 N–H and O–H groups in total. The maximum absolute atomic E-state index is 13.6. The van der Waals surface area contributed by atoms with Crippen molar-refractivity contribution in [1.82, 2.24) is 25.1 Å². The SMILES string of the molecule is N=C1c2c(nc(-c3cccc(N4CCOCC4)c3)[nH]c2=O)C(c2nccs2)=CC1c1cccc2[nH]ncc12. The molecule has 1 saturated heterocycles. The first-order valence-corrected chi connectivity index (χ1v) is 13.3. The van der Waals surface area contributed by atoms with E-state index >= 15 is 0 Å². The van der Waals surface area contributed by atoms with Crippen LogP contribution in [-0.4, -0.2) is 57.2 Å². The number of fused-ring (bicyclic) bond motifs is 2. The number of nitrogens with one attached hydrogen (secondary N) is 3. The molecule has 0 bridgehead atoms. The molecule has 0 saturated carbocycles. The summed E-state index contributed by atoms with van der Waals surface area (Å²) in [5.74, 6) is 0.0237. The molecule has 10 heteroatoms. The van der Waals surface area contributed by atoms with Crippen molar-refractivity contribution >= 4 is 39.2 Å². The van der Waals surface area contributed by atoms with Crippen molar-refractivity contribution in [3.8, 4) is 11.4 Å². The fourth-order valence-electron chi connectivity index (χ4n) is 5.25. The van der Waals surface area contributed by atoms with Gasteiger partial charge in [0.05, 0.1) is 41.9 Å². The van der Waals surface area contributed by atoms with Crippen LogP contribution in [0.4, 0.5) is 5.69 Å². The van der Waals surface area contributed by atoms with Gasteiger partial charge in [0.25, 0.3) is 5.56 Å². The van der Waals surface area contributed by atoms with Gasteiger partial charge in [-0.05, 0) is 23.8 Å². The third kappa shape index (κ3) is 3.77. The van der Waals surface area contributed by atoms with Crippen molar-refractivity contribution in [1.29, 1.82) is 5.41 Å². The molecule has 2 aliphatic rings. The van der Waals surface area contributed by atoms with Crippen LogP contribution in [0.25, 0.3) is 27.9 Å². The minimum Gasteiger partial charge on any atom is -0.378 e. The second-order valence-corrected chi connectivity index (χ2v) is 10.2. The number of anilines is 1. The molecule has 0 spiro atoms. The van der Waals surface area contributed by atoms with E-state index in [9.17, 15) is 4.79 Å². The van der Waals surface area contributed by atoms with E-state index in [-0.39, 0.29) is 16.8 Å². The molecule has 9 nitrogen and oxygen atoms in total. The van der Waals surface area contributed by atoms with Gasteiger partial charge in [-0.25, -0.2) is 9.97 Å². The van der Waals surface area contributed by atoms with Crippen molar-refractivity contribution in [3.63, 3.8) is 0 Å². The van der Waals surface area contributed by atoms with Gasteiger partial charge in [0.2, 0.25) is 0 Å². The minimum absolute atomic E-state index is 0.205. The fraction of sp³-hybridized carbons (Fsp3) is 0.179. The number of allylic oxidation sites excluding steroid dienone is 1. The molecule has 1 atom stereocenters. The zero-order chi connectivity index (χ0) is 25.6. The standard InChI is InChI=1S/C28H23N7O2S/c29-24-19(18-5-2-6-22-21(18)15-31-34-22)14-20(28-30-7-12-38-28)25-23(24)27(36)33-26(32-25)16-3-1-4-17(13-16)35-8-10-37-11-9-35/h1-7,12-15,19,29H,8-11H2,(H,31,34)(H,32,33,36). The summed E-state index contributed by atoms with van der Waals surface area (Å²) in [6, 6.07) is 13.9. The topological polar surface area (TPSA) is 124 Å². The van der Waals surface area contributed by atoms with Gasteiger partial charge >= 0.3 is 0 Å². The molecule has 7 rings (SSSR count). The van der Waals surface area contributed by atoms with Gasteiger partial charge in [0, 0.05) is 52.8 Å². The third-order valence-electron chi connectivity index (χ3n) is 7.10. The molecular weight excluding hydrogens is 498 g/mol. The molecule has 188 valence electrons. The number of ether oxygens (including phenoxy) is 1. The third-order valence-corrected chi connectivity index (χ3v) is 7.91. The summed E-state index contributed by atoms with van der Waals surface area (Å²) in [5.41, 5.74) is 5.04. The van der Waals surface area contributed by atoms with Crippen molar-refractivity contribution in [3.05, 3.63) is 98.5 Å². The first-order chi connectivity index (χ1) is 18.7. The second kappa shape index (κ2) is 9.16. The Bertz CT molecular complexity index is 1760. The molecule has 0 radical (unpaired) electrons. The predicted molar refractivity (Wildman–Crippen MR) is 148 cm³/mol. The fourth-order valence-corrected chi connectivity index (χ4v) is 5.91. The summed E-state index contributed by atoms with van der Waals surface area (Å²) in [5, 5.41) is 19.9. The quantitative estimate of drug-likeness (QED) is 0.326. The van der Waals surface area contributed by atoms with Gasteiger partial charge in [-0.3, -0.25) is 9.89 Å². The Morgan fingerprint density at radius 1 is 1.13 bits per heavy atom. The number of benzene rings is 2. The monoisotopic (exact) mass is 521 g/mol. The normalized spacial score (nSPS) is 17.5. The lowest BCUT2D eigenvalue weighted by Crippen LogP contribution is -2.36. The highest BCUT2D eigenvalue weighted by Crippen LogP contribution is 2.39. The van der Waals surface area contributed by atoms with Crippen LogP contribution in [0.3, 0.4) is 0 Å². The van der Waals surface area contributed by atoms with Crippen LogP contribution in [0.2, 0.25) is 0 Å². The number of thiazole rings is 1. The van der Waals surface area contributed by atoms with Gasteiger partial charge in [0.15, 0.2) is 0 Å². The number of morpholine rings is 1. The van der Waals surface area contributed by atoms with Crippen LogP contribution in [0.5, 0.6) is 0 Å². The molecule has 1 aliphatic carbocycles. The highest BCUT2D eigenvalue weighted by atomic mass is 32.1. The Balaban J connectivity index is 1.38. The summed E-state index contributed by atoms with van der Waals surface area (Å²) in [6.45, 7) is 3.01. The van der Waals surface area contributed by atoms with E-state index in [1.54, 1.807) is 12.4 Å². The number of nitrogens with zero attached hydrogens (tertiary/aromatic N) is 4. The lowest BCUT2D eigenvalue weighted by molar-refractivity contribution is 0.122. The van der Waals surface area contributed by atoms with Gasteiger partial charge in [-0.2, -0.15) is 5.10 Å². The summed E-state index contributed by atoms with van der Waals surface area (Å²) >= 11 is 1.49. The molecule has 1 unspecified atom stereocenters. The predicted octanol–water partition coefficient (Wildman–Crippen LogP) is 4.20. The van der Waals surface area contributed by atoms with E-state index in [1.165, 1.54) is 11.3 Å². The van der Waals surface area contributed by atoms with Crippen LogP contribution in [0.1, 0.15) is 27.7 Å². The van der Waals surface area contributed by atoms with E-state index in [4.69, 9.17) is 15.1 Å². The van der Waals surface area contributed by atoms with Gasteiger partial charge in [0.1, 0.15) is 10.8 Å². The lowest BCUT2D eigenvalue weighted by Gasteiger charge is -2.29. The molecule has 38 heavy (non-hydrogen) atoms. The van der Waals surface area contributed by atoms with E-state index in [0.717, 1.165) is 51.4 Å². The van der Waals surface area contributed by atoms with Gasteiger partial charge < -0.3 is 20.0 Å². The van der Waals surface area contributed by atoms with Gasteiger partial charge in [-0.1, -0.05) is 30.3 Å². The summed E-state index contributed by atoms with van der Waals surface area (Å²) in [7, 11) is 0. The Kier molecular flexibility index (Phi) is 5.49. The lowest BCUT2D eigenvalue weighted by atomic mass is 9.81. The highest BCUT2D eigenvalue weighted by Gasteiger charge is 2.33. The molecule has 0 amide bonds. The van der Waals surface area contributed by atoms with Crippen LogP contribution in [0.15, 0.2) is 71.1 Å². The average molecular weight is 522 g/mol. The van der Waals surface area contributed by atoms with E-state index in [0.29, 0.717) is 24.7 Å². The zero-order valence-electron chi connectivity index (χ0n) is 20.3. The number of H-pyrrole nitrogens is 2. The van der Waals surface area contributed by atoms with Gasteiger partial charge in [-0.15, -0.1) is 11.3 Å². The highest BCUT2D eigenvalue weighted by molar-refractivity contribution is 7.10. The van der Waals surface area contributed by atoms with Crippen molar-refractivity contribution in [2.45, 2.75) is 5.92 Å². The Morgan fingerprint density at radius 2 is 2.00 bits per heavy atom. The van der Waals surface area contributed by atoms with Crippen LogP contribution in [-0.2, 0) is 4.74 Å². The van der Waals surface area contributed by atoms with Crippen molar-refractivity contribution < 1.29 is 4.74 Å². The first-order valence-electron chi connectivity index (χ1n) is 12.4. The molecule has 1 aliphatic heterocycles. The summed E-state index contributed by atoms with van der Waals surface area (Å²) in [4.78, 5) is 28.3. The number of rotatable bonds is 4. The number of aromatic nitrogens is 5. The summed E-state index contributed by atoms with van der Waals surface area (Å²) in [6.07, 6.45) is 5.51. The van der Waals surface area contributed by atoms with E-state index in [1.807, 2.05) is 47.9 Å². The maximum atomic E-state index is 13.6. The molecular formula is C28H23N7O2S. The molecule has 1 fully saturated rings. The average Bonchev–Trinajstić information content (AvgIpc) is 3.66. The first kappa shape index (κ1) is 22.8. The molecule has 3 aromatic heterocycles. The van der Waals surface area contributed by atoms with Crippen molar-refractivity contribution in [2.75, 3.05) is 31.2 Å². The van der Waals surface area contributed by atoms with Crippen LogP contribution < -0.4 is 10.5 Å². The van der Waals surface area contributed by atoms with E-state index < -0.39 is 5.92 Å². The zero-order valence-corrected chi connectivity index (χ0v) is 21.1. The Hall–Kier alpha value is -4.41. The second-order valence-electron chi connectivity index (χ2n) is 9.28. The smallest absolute Gasteiger partial charge is 0.260 e. The van der Waals surface area contributed by atoms with E-state index in [2.05, 4.69) is 31.1 Å². The van der Waals surface area contributed by atoms with Crippen molar-refractivity contribution in [2.24, 2.45) is 0 Å².